The minimum Gasteiger partial charge on any atom is -0.467 e. The van der Waals surface area contributed by atoms with Crippen molar-refractivity contribution in [3.63, 3.8) is 0 Å². The Bertz CT molecular complexity index is 358. The average Bonchev–Trinajstić information content (AvgIpc) is 2.31. The number of ether oxygens (including phenoxy) is 1. The lowest BCUT2D eigenvalue weighted by Crippen LogP contribution is -2.23. The maximum atomic E-state index is 10.8. The standard InChI is InChI=1S/C9H15N5O2/c1-4-10-7-11-8(14(5-2)6-15)13-9(12-7)16-3/h6H,4-5H2,1-3H3,(H,10,11,12,13). The third-order valence-electron chi connectivity index (χ3n) is 1.85. The van der Waals surface area contributed by atoms with Crippen molar-refractivity contribution in [3.05, 3.63) is 0 Å². The maximum Gasteiger partial charge on any atom is 0.322 e. The van der Waals surface area contributed by atoms with Crippen molar-refractivity contribution < 1.29 is 9.53 Å². The molecule has 16 heavy (non-hydrogen) atoms. The number of aromatic nitrogens is 3. The van der Waals surface area contributed by atoms with Crippen molar-refractivity contribution in [2.45, 2.75) is 13.8 Å². The smallest absolute Gasteiger partial charge is 0.322 e. The molecule has 0 aliphatic rings. The highest BCUT2D eigenvalue weighted by molar-refractivity contribution is 5.71. The van der Waals surface area contributed by atoms with E-state index in [-0.39, 0.29) is 12.0 Å². The van der Waals surface area contributed by atoms with Crippen molar-refractivity contribution in [1.82, 2.24) is 15.0 Å². The summed E-state index contributed by atoms with van der Waals surface area (Å²) in [4.78, 5) is 24.2. The van der Waals surface area contributed by atoms with E-state index in [1.807, 2.05) is 13.8 Å². The van der Waals surface area contributed by atoms with Gasteiger partial charge in [0.25, 0.3) is 0 Å². The fraction of sp³-hybridized carbons (Fsp3) is 0.556. The fourth-order valence-electron chi connectivity index (χ4n) is 1.07. The molecule has 1 aromatic heterocycles. The van der Waals surface area contributed by atoms with Gasteiger partial charge < -0.3 is 10.1 Å². The minimum atomic E-state index is 0.182. The van der Waals surface area contributed by atoms with Crippen LogP contribution in [0.5, 0.6) is 6.01 Å². The Morgan fingerprint density at radius 1 is 1.38 bits per heavy atom. The van der Waals surface area contributed by atoms with E-state index in [1.165, 1.54) is 12.0 Å². The minimum absolute atomic E-state index is 0.182. The quantitative estimate of drug-likeness (QED) is 0.701. The summed E-state index contributed by atoms with van der Waals surface area (Å²) in [7, 11) is 1.46. The zero-order valence-electron chi connectivity index (χ0n) is 9.60. The molecule has 0 saturated heterocycles. The molecule has 7 heteroatoms. The Labute approximate surface area is 93.9 Å². The van der Waals surface area contributed by atoms with Crippen LogP contribution in [-0.4, -0.2) is 41.6 Å². The van der Waals surface area contributed by atoms with Gasteiger partial charge in [0.05, 0.1) is 7.11 Å². The van der Waals surface area contributed by atoms with Gasteiger partial charge in [0, 0.05) is 13.1 Å². The van der Waals surface area contributed by atoms with Crippen LogP contribution in [0.2, 0.25) is 0 Å². The highest BCUT2D eigenvalue weighted by atomic mass is 16.5. The van der Waals surface area contributed by atoms with Gasteiger partial charge in [-0.3, -0.25) is 9.69 Å². The highest BCUT2D eigenvalue weighted by Gasteiger charge is 2.11. The van der Waals surface area contributed by atoms with E-state index in [0.29, 0.717) is 25.4 Å². The summed E-state index contributed by atoms with van der Waals surface area (Å²) in [5.74, 6) is 0.671. The number of amides is 1. The summed E-state index contributed by atoms with van der Waals surface area (Å²) in [6.45, 7) is 4.92. The molecule has 1 aromatic rings. The molecule has 0 bridgehead atoms. The van der Waals surface area contributed by atoms with Gasteiger partial charge in [0.2, 0.25) is 18.3 Å². The maximum absolute atomic E-state index is 10.8. The Kier molecular flexibility index (Phi) is 4.43. The van der Waals surface area contributed by atoms with Gasteiger partial charge in [0.1, 0.15) is 0 Å². The number of nitrogens with zero attached hydrogens (tertiary/aromatic N) is 4. The van der Waals surface area contributed by atoms with Crippen LogP contribution in [0, 0.1) is 0 Å². The predicted octanol–water partition coefficient (Wildman–Crippen LogP) is 0.295. The van der Waals surface area contributed by atoms with Gasteiger partial charge in [-0.25, -0.2) is 0 Å². The molecule has 1 N–H and O–H groups in total. The van der Waals surface area contributed by atoms with Crippen LogP contribution in [0.4, 0.5) is 11.9 Å². The molecular formula is C9H15N5O2. The number of carbonyl (C=O) groups excluding carboxylic acids is 1. The molecule has 0 aromatic carbocycles. The van der Waals surface area contributed by atoms with Gasteiger partial charge >= 0.3 is 6.01 Å². The van der Waals surface area contributed by atoms with Crippen molar-refractivity contribution in [3.8, 4) is 6.01 Å². The number of anilines is 2. The van der Waals surface area contributed by atoms with E-state index in [9.17, 15) is 4.79 Å². The molecule has 0 aliphatic carbocycles. The van der Waals surface area contributed by atoms with Crippen molar-refractivity contribution in [2.24, 2.45) is 0 Å². The van der Waals surface area contributed by atoms with Gasteiger partial charge in [-0.1, -0.05) is 0 Å². The second-order valence-corrected chi connectivity index (χ2v) is 2.87. The van der Waals surface area contributed by atoms with E-state index in [2.05, 4.69) is 20.3 Å². The van der Waals surface area contributed by atoms with Gasteiger partial charge in [-0.2, -0.15) is 15.0 Å². The molecule has 0 fully saturated rings. The van der Waals surface area contributed by atoms with Crippen LogP contribution in [0.3, 0.4) is 0 Å². The third-order valence-corrected chi connectivity index (χ3v) is 1.85. The molecule has 1 amide bonds. The van der Waals surface area contributed by atoms with E-state index < -0.39 is 0 Å². The molecule has 0 saturated carbocycles. The topological polar surface area (TPSA) is 80.2 Å². The number of methoxy groups -OCH3 is 1. The lowest BCUT2D eigenvalue weighted by atomic mass is 10.6. The first-order valence-electron chi connectivity index (χ1n) is 5.01. The van der Waals surface area contributed by atoms with Gasteiger partial charge in [-0.15, -0.1) is 0 Å². The summed E-state index contributed by atoms with van der Waals surface area (Å²) in [6.07, 6.45) is 0.671. The zero-order chi connectivity index (χ0) is 12.0. The molecule has 0 unspecified atom stereocenters. The number of hydrogen-bond donors (Lipinski definition) is 1. The van der Waals surface area contributed by atoms with E-state index >= 15 is 0 Å². The molecule has 1 rings (SSSR count). The van der Waals surface area contributed by atoms with Crippen molar-refractivity contribution >= 4 is 18.3 Å². The molecule has 1 heterocycles. The first-order valence-corrected chi connectivity index (χ1v) is 5.01. The van der Waals surface area contributed by atoms with E-state index in [1.54, 1.807) is 0 Å². The summed E-state index contributed by atoms with van der Waals surface area (Å²) in [5.41, 5.74) is 0. The highest BCUT2D eigenvalue weighted by Crippen LogP contribution is 2.13. The number of nitrogens with one attached hydrogen (secondary N) is 1. The normalized spacial score (nSPS) is 9.69. The van der Waals surface area contributed by atoms with Crippen LogP contribution in [0.15, 0.2) is 0 Å². The van der Waals surface area contributed by atoms with Crippen molar-refractivity contribution in [2.75, 3.05) is 30.4 Å². The van der Waals surface area contributed by atoms with Crippen LogP contribution >= 0.6 is 0 Å². The monoisotopic (exact) mass is 225 g/mol. The lowest BCUT2D eigenvalue weighted by molar-refractivity contribution is -0.107. The van der Waals surface area contributed by atoms with Crippen LogP contribution < -0.4 is 15.0 Å². The van der Waals surface area contributed by atoms with Crippen LogP contribution in [-0.2, 0) is 4.79 Å². The molecule has 0 spiro atoms. The van der Waals surface area contributed by atoms with Crippen LogP contribution in [0.25, 0.3) is 0 Å². The number of hydrogen-bond acceptors (Lipinski definition) is 6. The third kappa shape index (κ3) is 2.78. The fourth-order valence-corrected chi connectivity index (χ4v) is 1.07. The molecule has 0 atom stereocenters. The van der Waals surface area contributed by atoms with E-state index in [0.717, 1.165) is 0 Å². The summed E-state index contributed by atoms with van der Waals surface area (Å²) in [6, 6.07) is 0.182. The summed E-state index contributed by atoms with van der Waals surface area (Å²) >= 11 is 0. The number of carbonyl (C=O) groups is 1. The Morgan fingerprint density at radius 2 is 2.12 bits per heavy atom. The zero-order valence-corrected chi connectivity index (χ0v) is 9.60. The Hall–Kier alpha value is -1.92. The first kappa shape index (κ1) is 12.2. The predicted molar refractivity (Wildman–Crippen MR) is 59.6 cm³/mol. The second kappa shape index (κ2) is 5.84. The molecular weight excluding hydrogens is 210 g/mol. The second-order valence-electron chi connectivity index (χ2n) is 2.87. The van der Waals surface area contributed by atoms with Crippen LogP contribution in [0.1, 0.15) is 13.8 Å². The molecule has 0 radical (unpaired) electrons. The molecule has 88 valence electrons. The molecule has 0 aliphatic heterocycles. The first-order chi connectivity index (χ1) is 7.74. The summed E-state index contributed by atoms with van der Waals surface area (Å²) < 4.78 is 4.94. The van der Waals surface area contributed by atoms with Gasteiger partial charge in [0.15, 0.2) is 0 Å². The Balaban J connectivity index is 3.06. The SMILES string of the molecule is CCNc1nc(OC)nc(N(C=O)CC)n1. The van der Waals surface area contributed by atoms with Crippen molar-refractivity contribution in [1.29, 1.82) is 0 Å². The molecule has 7 nitrogen and oxygen atoms in total. The lowest BCUT2D eigenvalue weighted by Gasteiger charge is -2.13. The largest absolute Gasteiger partial charge is 0.467 e. The Morgan fingerprint density at radius 3 is 2.62 bits per heavy atom. The average molecular weight is 225 g/mol. The van der Waals surface area contributed by atoms with E-state index in [4.69, 9.17) is 4.74 Å². The summed E-state index contributed by atoms with van der Waals surface area (Å²) in [5, 5.41) is 2.94. The number of rotatable bonds is 6. The van der Waals surface area contributed by atoms with Gasteiger partial charge in [-0.05, 0) is 13.8 Å².